The van der Waals surface area contributed by atoms with E-state index >= 15 is 0 Å². The number of para-hydroxylation sites is 1. The molecule has 0 aliphatic heterocycles. The van der Waals surface area contributed by atoms with E-state index in [-0.39, 0.29) is 10.6 Å². The van der Waals surface area contributed by atoms with Crippen LogP contribution in [-0.4, -0.2) is 10.8 Å². The quantitative estimate of drug-likeness (QED) is 0.480. The average molecular weight is 279 g/mol. The molecule has 0 atom stereocenters. The number of aryl methyl sites for hydroxylation is 1. The fourth-order valence-electron chi connectivity index (χ4n) is 1.22. The van der Waals surface area contributed by atoms with E-state index in [4.69, 9.17) is 11.6 Å². The maximum Gasteiger partial charge on any atom is 0.286 e. The molecule has 1 aromatic carbocycles. The van der Waals surface area contributed by atoms with Gasteiger partial charge in [0.15, 0.2) is 0 Å². The first-order chi connectivity index (χ1) is 6.66. The Morgan fingerprint density at radius 3 is 2.79 bits per heavy atom. The van der Waals surface area contributed by atoms with Crippen LogP contribution in [0.25, 0.3) is 0 Å². The van der Waals surface area contributed by atoms with Crippen molar-refractivity contribution in [2.24, 2.45) is 0 Å². The molecule has 1 aromatic rings. The molecule has 76 valence electrons. The first-order valence-corrected chi connectivity index (χ1v) is 5.47. The zero-order chi connectivity index (χ0) is 10.6. The van der Waals surface area contributed by atoms with Crippen LogP contribution in [0.1, 0.15) is 12.0 Å². The lowest BCUT2D eigenvalue weighted by Gasteiger charge is -2.02. The number of hydrogen-bond acceptors (Lipinski definition) is 2. The first-order valence-electron chi connectivity index (χ1n) is 4.14. The van der Waals surface area contributed by atoms with Gasteiger partial charge in [-0.25, -0.2) is 0 Å². The van der Waals surface area contributed by atoms with Crippen LogP contribution in [0.4, 0.5) is 5.69 Å². The number of nitro groups is 1. The lowest BCUT2D eigenvalue weighted by atomic mass is 10.1. The molecule has 0 bridgehead atoms. The van der Waals surface area contributed by atoms with Crippen LogP contribution in [0.5, 0.6) is 0 Å². The first kappa shape index (κ1) is 11.5. The minimum absolute atomic E-state index is 0.151. The standard InChI is InChI=1S/C9H9BrClNO2/c10-8-5-1-3-7(4-2-6-11)9(8)12(13)14/h1,3,5H,2,4,6H2. The third kappa shape index (κ3) is 2.69. The van der Waals surface area contributed by atoms with Gasteiger partial charge in [-0.05, 0) is 34.8 Å². The Hall–Kier alpha value is -0.610. The predicted molar refractivity (Wildman–Crippen MR) is 59.8 cm³/mol. The summed E-state index contributed by atoms with van der Waals surface area (Å²) in [6, 6.07) is 5.22. The molecule has 0 amide bonds. The Balaban J connectivity index is 3.02. The van der Waals surface area contributed by atoms with Crippen LogP contribution in [0.2, 0.25) is 0 Å². The van der Waals surface area contributed by atoms with Gasteiger partial charge < -0.3 is 0 Å². The van der Waals surface area contributed by atoms with Crippen molar-refractivity contribution in [1.29, 1.82) is 0 Å². The highest BCUT2D eigenvalue weighted by molar-refractivity contribution is 9.10. The summed E-state index contributed by atoms with van der Waals surface area (Å²) in [4.78, 5) is 10.4. The zero-order valence-corrected chi connectivity index (χ0v) is 9.71. The molecule has 0 aliphatic rings. The summed E-state index contributed by atoms with van der Waals surface area (Å²) in [6.07, 6.45) is 1.39. The Bertz CT molecular complexity index is 344. The van der Waals surface area contributed by atoms with Gasteiger partial charge in [-0.3, -0.25) is 10.1 Å². The van der Waals surface area contributed by atoms with E-state index in [1.54, 1.807) is 18.2 Å². The molecule has 1 rings (SSSR count). The van der Waals surface area contributed by atoms with E-state index < -0.39 is 0 Å². The van der Waals surface area contributed by atoms with Gasteiger partial charge in [-0.15, -0.1) is 11.6 Å². The summed E-state index contributed by atoms with van der Waals surface area (Å²) in [6.45, 7) is 0. The van der Waals surface area contributed by atoms with Crippen molar-refractivity contribution in [2.45, 2.75) is 12.8 Å². The highest BCUT2D eigenvalue weighted by Crippen LogP contribution is 2.29. The highest BCUT2D eigenvalue weighted by atomic mass is 79.9. The van der Waals surface area contributed by atoms with Gasteiger partial charge in [0.1, 0.15) is 0 Å². The van der Waals surface area contributed by atoms with Crippen LogP contribution >= 0.6 is 27.5 Å². The largest absolute Gasteiger partial charge is 0.286 e. The second kappa shape index (κ2) is 5.32. The monoisotopic (exact) mass is 277 g/mol. The lowest BCUT2D eigenvalue weighted by Crippen LogP contribution is -1.97. The molecule has 14 heavy (non-hydrogen) atoms. The lowest BCUT2D eigenvalue weighted by molar-refractivity contribution is -0.386. The molecule has 0 N–H and O–H groups in total. The number of rotatable bonds is 4. The fraction of sp³-hybridized carbons (Fsp3) is 0.333. The van der Waals surface area contributed by atoms with E-state index in [2.05, 4.69) is 15.9 Å². The summed E-state index contributed by atoms with van der Waals surface area (Å²) in [5.74, 6) is 0.518. The summed E-state index contributed by atoms with van der Waals surface area (Å²) >= 11 is 8.71. The predicted octanol–water partition coefficient (Wildman–Crippen LogP) is 3.53. The minimum atomic E-state index is -0.367. The van der Waals surface area contributed by atoms with E-state index in [0.29, 0.717) is 16.8 Å². The maximum absolute atomic E-state index is 10.7. The van der Waals surface area contributed by atoms with Gasteiger partial charge >= 0.3 is 0 Å². The Kier molecular flexibility index (Phi) is 4.35. The van der Waals surface area contributed by atoms with Crippen molar-refractivity contribution >= 4 is 33.2 Å². The number of benzene rings is 1. The molecule has 0 radical (unpaired) electrons. The van der Waals surface area contributed by atoms with Crippen LogP contribution in [0.3, 0.4) is 0 Å². The third-order valence-corrected chi connectivity index (χ3v) is 2.74. The highest BCUT2D eigenvalue weighted by Gasteiger charge is 2.16. The Morgan fingerprint density at radius 2 is 2.21 bits per heavy atom. The molecule has 0 fully saturated rings. The number of alkyl halides is 1. The van der Waals surface area contributed by atoms with Crippen LogP contribution in [0.15, 0.2) is 22.7 Å². The number of nitro benzene ring substituents is 1. The molecule has 0 unspecified atom stereocenters. The Labute approximate surface area is 95.4 Å². The summed E-state index contributed by atoms with van der Waals surface area (Å²) in [5, 5.41) is 10.7. The fourth-order valence-corrected chi connectivity index (χ4v) is 1.91. The van der Waals surface area contributed by atoms with E-state index in [0.717, 1.165) is 12.0 Å². The van der Waals surface area contributed by atoms with Gasteiger partial charge in [-0.1, -0.05) is 12.1 Å². The van der Waals surface area contributed by atoms with Gasteiger partial charge in [0.05, 0.1) is 9.40 Å². The topological polar surface area (TPSA) is 43.1 Å². The molecule has 0 aromatic heterocycles. The van der Waals surface area contributed by atoms with Crippen molar-refractivity contribution in [3.8, 4) is 0 Å². The van der Waals surface area contributed by atoms with Crippen molar-refractivity contribution in [3.63, 3.8) is 0 Å². The Morgan fingerprint density at radius 1 is 1.50 bits per heavy atom. The minimum Gasteiger partial charge on any atom is -0.258 e. The van der Waals surface area contributed by atoms with Crippen LogP contribution in [-0.2, 0) is 6.42 Å². The van der Waals surface area contributed by atoms with Crippen molar-refractivity contribution in [3.05, 3.63) is 38.3 Å². The van der Waals surface area contributed by atoms with Crippen LogP contribution in [0, 0.1) is 10.1 Å². The van der Waals surface area contributed by atoms with Crippen molar-refractivity contribution < 1.29 is 4.92 Å². The van der Waals surface area contributed by atoms with Gasteiger partial charge in [0.25, 0.3) is 5.69 Å². The molecule has 3 nitrogen and oxygen atoms in total. The van der Waals surface area contributed by atoms with Gasteiger partial charge in [0, 0.05) is 11.4 Å². The smallest absolute Gasteiger partial charge is 0.258 e. The summed E-state index contributed by atoms with van der Waals surface area (Å²) < 4.78 is 0.523. The molecular weight excluding hydrogens is 269 g/mol. The van der Waals surface area contributed by atoms with Crippen molar-refractivity contribution in [1.82, 2.24) is 0 Å². The average Bonchev–Trinajstić information content (AvgIpc) is 2.14. The van der Waals surface area contributed by atoms with Crippen molar-refractivity contribution in [2.75, 3.05) is 5.88 Å². The zero-order valence-electron chi connectivity index (χ0n) is 7.37. The second-order valence-corrected chi connectivity index (χ2v) is 4.03. The molecule has 0 saturated carbocycles. The number of halogens is 2. The summed E-state index contributed by atoms with van der Waals surface area (Å²) in [5.41, 5.74) is 0.877. The van der Waals surface area contributed by atoms with Gasteiger partial charge in [0.2, 0.25) is 0 Å². The molecular formula is C9H9BrClNO2. The normalized spacial score (nSPS) is 10.1. The van der Waals surface area contributed by atoms with E-state index in [1.165, 1.54) is 0 Å². The SMILES string of the molecule is O=[N+]([O-])c1c(Br)cccc1CCCCl. The number of nitrogens with zero attached hydrogens (tertiary/aromatic N) is 1. The third-order valence-electron chi connectivity index (χ3n) is 1.83. The summed E-state index contributed by atoms with van der Waals surface area (Å²) in [7, 11) is 0. The maximum atomic E-state index is 10.7. The molecule has 5 heteroatoms. The number of hydrogen-bond donors (Lipinski definition) is 0. The van der Waals surface area contributed by atoms with Gasteiger partial charge in [-0.2, -0.15) is 0 Å². The molecule has 0 aliphatic carbocycles. The second-order valence-electron chi connectivity index (χ2n) is 2.80. The van der Waals surface area contributed by atoms with E-state index in [9.17, 15) is 10.1 Å². The van der Waals surface area contributed by atoms with E-state index in [1.807, 2.05) is 0 Å². The molecule has 0 saturated heterocycles. The molecule has 0 spiro atoms. The van der Waals surface area contributed by atoms with Crippen LogP contribution < -0.4 is 0 Å². The molecule has 0 heterocycles.